The highest BCUT2D eigenvalue weighted by Gasteiger charge is 2.36. The van der Waals surface area contributed by atoms with Gasteiger partial charge in [0.2, 0.25) is 5.78 Å². The maximum Gasteiger partial charge on any atom is 0.201 e. The Kier molecular flexibility index (Phi) is 5.83. The van der Waals surface area contributed by atoms with Crippen molar-refractivity contribution in [1.29, 1.82) is 0 Å². The Labute approximate surface area is 176 Å². The number of ketones is 2. The fourth-order valence-electron chi connectivity index (χ4n) is 3.48. The Hall–Kier alpha value is -3.34. The summed E-state index contributed by atoms with van der Waals surface area (Å²) in [7, 11) is 0. The number of allylic oxidation sites excluding steroid dienone is 3. The van der Waals surface area contributed by atoms with Crippen LogP contribution in [0.4, 0.5) is 0 Å². The van der Waals surface area contributed by atoms with Crippen LogP contribution in [0.3, 0.4) is 0 Å². The molecule has 5 heteroatoms. The quantitative estimate of drug-likeness (QED) is 0.580. The Morgan fingerprint density at radius 1 is 0.900 bits per heavy atom. The van der Waals surface area contributed by atoms with Crippen LogP contribution >= 0.6 is 0 Å². The number of rotatable bonds is 5. The fourth-order valence-corrected chi connectivity index (χ4v) is 3.48. The molecule has 156 valence electrons. The monoisotopic (exact) mass is 406 g/mol. The van der Waals surface area contributed by atoms with Crippen molar-refractivity contribution < 1.29 is 24.5 Å². The van der Waals surface area contributed by atoms with E-state index < -0.39 is 11.6 Å². The first kappa shape index (κ1) is 21.4. The highest BCUT2D eigenvalue weighted by molar-refractivity contribution is 6.30. The van der Waals surface area contributed by atoms with E-state index in [0.717, 1.165) is 11.1 Å². The second-order valence-corrected chi connectivity index (χ2v) is 8.07. The molecule has 0 aliphatic heterocycles. The largest absolute Gasteiger partial charge is 0.507 e. The molecular formula is C25H26O5. The van der Waals surface area contributed by atoms with Gasteiger partial charge in [0.15, 0.2) is 5.78 Å². The molecular weight excluding hydrogens is 380 g/mol. The maximum atomic E-state index is 13.2. The van der Waals surface area contributed by atoms with Crippen LogP contribution in [-0.2, 0) is 6.42 Å². The topological polar surface area (TPSA) is 83.8 Å². The Morgan fingerprint density at radius 2 is 1.53 bits per heavy atom. The van der Waals surface area contributed by atoms with E-state index in [9.17, 15) is 19.8 Å². The average molecular weight is 406 g/mol. The molecule has 2 aromatic carbocycles. The lowest BCUT2D eigenvalue weighted by Crippen LogP contribution is -2.22. The molecule has 0 atom stereocenters. The van der Waals surface area contributed by atoms with E-state index in [4.69, 9.17) is 4.74 Å². The van der Waals surface area contributed by atoms with Crippen molar-refractivity contribution in [3.8, 4) is 17.2 Å². The summed E-state index contributed by atoms with van der Waals surface area (Å²) in [4.78, 5) is 26.3. The molecule has 0 heterocycles. The molecule has 30 heavy (non-hydrogen) atoms. The standard InChI is InChI=1S/C25H26O5/c1-13(2)6-7-16-20(30-9-8-14(3)4)12-18-22(24(16)28)25(29)21-17(23(18)27)10-15(5)11-19(21)26/h6,8,10-12,26,28H,7,9H2,1-5H3. The molecule has 1 aliphatic rings. The summed E-state index contributed by atoms with van der Waals surface area (Å²) in [5.74, 6) is -1.16. The predicted octanol–water partition coefficient (Wildman–Crippen LogP) is 5.04. The van der Waals surface area contributed by atoms with Crippen molar-refractivity contribution in [3.63, 3.8) is 0 Å². The zero-order valence-electron chi connectivity index (χ0n) is 17.9. The first-order chi connectivity index (χ1) is 14.1. The van der Waals surface area contributed by atoms with Crippen LogP contribution < -0.4 is 4.74 Å². The number of aryl methyl sites for hydroxylation is 1. The zero-order valence-corrected chi connectivity index (χ0v) is 17.9. The minimum absolute atomic E-state index is 0.0697. The van der Waals surface area contributed by atoms with Crippen molar-refractivity contribution in [2.75, 3.05) is 6.61 Å². The minimum atomic E-state index is -0.566. The molecule has 2 aromatic rings. The molecule has 2 N–H and O–H groups in total. The number of carbonyl (C=O) groups is 2. The Bertz CT molecular complexity index is 1110. The van der Waals surface area contributed by atoms with Crippen LogP contribution in [0.25, 0.3) is 0 Å². The number of hydrogen-bond donors (Lipinski definition) is 2. The summed E-state index contributed by atoms with van der Waals surface area (Å²) in [5, 5.41) is 21.3. The summed E-state index contributed by atoms with van der Waals surface area (Å²) in [5.41, 5.74) is 3.30. The van der Waals surface area contributed by atoms with Gasteiger partial charge in [0.05, 0.1) is 11.1 Å². The molecule has 0 aromatic heterocycles. The van der Waals surface area contributed by atoms with Crippen LogP contribution in [0.2, 0.25) is 0 Å². The molecule has 0 amide bonds. The van der Waals surface area contributed by atoms with Crippen LogP contribution in [0.15, 0.2) is 41.5 Å². The number of fused-ring (bicyclic) bond motifs is 2. The van der Waals surface area contributed by atoms with Gasteiger partial charge >= 0.3 is 0 Å². The molecule has 0 unspecified atom stereocenters. The minimum Gasteiger partial charge on any atom is -0.507 e. The van der Waals surface area contributed by atoms with Crippen molar-refractivity contribution in [3.05, 3.63) is 74.9 Å². The number of hydrogen-bond acceptors (Lipinski definition) is 5. The van der Waals surface area contributed by atoms with Gasteiger partial charge in [-0.1, -0.05) is 17.2 Å². The van der Waals surface area contributed by atoms with Gasteiger partial charge in [0.1, 0.15) is 23.9 Å². The Morgan fingerprint density at radius 3 is 2.17 bits per heavy atom. The number of ether oxygens (including phenoxy) is 1. The van der Waals surface area contributed by atoms with Gasteiger partial charge in [-0.15, -0.1) is 0 Å². The molecule has 0 bridgehead atoms. The van der Waals surface area contributed by atoms with E-state index in [2.05, 4.69) is 0 Å². The molecule has 0 fully saturated rings. The second-order valence-electron chi connectivity index (χ2n) is 8.07. The van der Waals surface area contributed by atoms with Crippen LogP contribution in [-0.4, -0.2) is 28.4 Å². The summed E-state index contributed by atoms with van der Waals surface area (Å²) < 4.78 is 5.87. The maximum absolute atomic E-state index is 13.2. The van der Waals surface area contributed by atoms with Crippen LogP contribution in [0, 0.1) is 6.92 Å². The lowest BCUT2D eigenvalue weighted by Gasteiger charge is -2.23. The van der Waals surface area contributed by atoms with Crippen molar-refractivity contribution >= 4 is 11.6 Å². The lowest BCUT2D eigenvalue weighted by atomic mass is 9.81. The summed E-state index contributed by atoms with van der Waals surface area (Å²) in [6, 6.07) is 4.55. The SMILES string of the molecule is CC(C)=CCOc1cc2c(c(O)c1CC=C(C)C)C(=O)c1c(O)cc(C)cc1C2=O. The third-order valence-corrected chi connectivity index (χ3v) is 5.01. The number of benzene rings is 2. The first-order valence-corrected chi connectivity index (χ1v) is 9.83. The fraction of sp³-hybridized carbons (Fsp3) is 0.280. The van der Waals surface area contributed by atoms with E-state index in [-0.39, 0.29) is 40.4 Å². The van der Waals surface area contributed by atoms with Crippen LogP contribution in [0.5, 0.6) is 17.2 Å². The summed E-state index contributed by atoms with van der Waals surface area (Å²) in [6.07, 6.45) is 4.16. The molecule has 0 spiro atoms. The van der Waals surface area contributed by atoms with E-state index in [1.165, 1.54) is 12.1 Å². The van der Waals surface area contributed by atoms with Gasteiger partial charge < -0.3 is 14.9 Å². The van der Waals surface area contributed by atoms with Crippen molar-refractivity contribution in [1.82, 2.24) is 0 Å². The number of aromatic hydroxyl groups is 2. The first-order valence-electron chi connectivity index (χ1n) is 9.83. The predicted molar refractivity (Wildman–Crippen MR) is 116 cm³/mol. The molecule has 1 aliphatic carbocycles. The van der Waals surface area contributed by atoms with Crippen molar-refractivity contribution in [2.24, 2.45) is 0 Å². The van der Waals surface area contributed by atoms with Gasteiger partial charge in [-0.3, -0.25) is 9.59 Å². The average Bonchev–Trinajstić information content (AvgIpc) is 2.64. The highest BCUT2D eigenvalue weighted by atomic mass is 16.5. The van der Waals surface area contributed by atoms with Gasteiger partial charge in [-0.25, -0.2) is 0 Å². The van der Waals surface area contributed by atoms with Gasteiger partial charge in [-0.05, 0) is 70.9 Å². The smallest absolute Gasteiger partial charge is 0.201 e. The second kappa shape index (κ2) is 8.19. The Balaban J connectivity index is 2.22. The van der Waals surface area contributed by atoms with E-state index in [1.54, 1.807) is 13.0 Å². The number of carbonyl (C=O) groups excluding carboxylic acids is 2. The lowest BCUT2D eigenvalue weighted by molar-refractivity contribution is 0.0973. The van der Waals surface area contributed by atoms with Gasteiger partial charge in [0, 0.05) is 16.7 Å². The van der Waals surface area contributed by atoms with E-state index in [1.807, 2.05) is 39.8 Å². The molecule has 5 nitrogen and oxygen atoms in total. The third kappa shape index (κ3) is 3.88. The molecule has 3 rings (SSSR count). The third-order valence-electron chi connectivity index (χ3n) is 5.01. The van der Waals surface area contributed by atoms with Gasteiger partial charge in [-0.2, -0.15) is 0 Å². The number of phenols is 2. The van der Waals surface area contributed by atoms with E-state index >= 15 is 0 Å². The summed E-state index contributed by atoms with van der Waals surface area (Å²) >= 11 is 0. The van der Waals surface area contributed by atoms with E-state index in [0.29, 0.717) is 23.3 Å². The van der Waals surface area contributed by atoms with Crippen molar-refractivity contribution in [2.45, 2.75) is 41.0 Å². The van der Waals surface area contributed by atoms with Gasteiger partial charge in [0.25, 0.3) is 0 Å². The number of phenolic OH excluding ortho intramolecular Hbond substituents is 2. The summed E-state index contributed by atoms with van der Waals surface area (Å²) in [6.45, 7) is 9.79. The normalized spacial score (nSPS) is 12.2. The van der Waals surface area contributed by atoms with Crippen LogP contribution in [0.1, 0.15) is 70.7 Å². The molecule has 0 saturated carbocycles. The molecule has 0 saturated heterocycles. The zero-order chi connectivity index (χ0) is 22.2. The highest BCUT2D eigenvalue weighted by Crippen LogP contribution is 2.42. The molecule has 0 radical (unpaired) electrons.